The Bertz CT molecular complexity index is 539. The molecule has 1 aromatic carbocycles. The third-order valence-corrected chi connectivity index (χ3v) is 4.01. The van der Waals surface area contributed by atoms with Crippen LogP contribution in [0.4, 0.5) is 5.69 Å². The molecule has 20 heavy (non-hydrogen) atoms. The first kappa shape index (κ1) is 14.7. The Morgan fingerprint density at radius 2 is 2.35 bits per heavy atom. The van der Waals surface area contributed by atoms with Crippen LogP contribution in [0.25, 0.3) is 0 Å². The van der Waals surface area contributed by atoms with Crippen molar-refractivity contribution in [2.45, 2.75) is 25.7 Å². The SMILES string of the molecule is N#Cc1ccc(N2CCCC(CCC(=O)O)C2)c(Cl)c1. The fraction of sp³-hybridized carbons (Fsp3) is 0.467. The molecule has 1 atom stereocenters. The highest BCUT2D eigenvalue weighted by Gasteiger charge is 2.22. The van der Waals surface area contributed by atoms with E-state index in [2.05, 4.69) is 11.0 Å². The van der Waals surface area contributed by atoms with E-state index < -0.39 is 5.97 Å². The van der Waals surface area contributed by atoms with E-state index in [0.717, 1.165) is 31.6 Å². The lowest BCUT2D eigenvalue weighted by Gasteiger charge is -2.34. The van der Waals surface area contributed by atoms with Crippen LogP contribution in [-0.4, -0.2) is 24.2 Å². The molecule has 1 N–H and O–H groups in total. The molecule has 0 amide bonds. The van der Waals surface area contributed by atoms with Crippen molar-refractivity contribution in [2.75, 3.05) is 18.0 Å². The highest BCUT2D eigenvalue weighted by molar-refractivity contribution is 6.33. The maximum Gasteiger partial charge on any atom is 0.303 e. The number of rotatable bonds is 4. The molecule has 106 valence electrons. The third kappa shape index (κ3) is 3.64. The molecule has 0 bridgehead atoms. The number of hydrogen-bond acceptors (Lipinski definition) is 3. The molecule has 4 nitrogen and oxygen atoms in total. The van der Waals surface area contributed by atoms with Crippen molar-refractivity contribution in [2.24, 2.45) is 5.92 Å². The number of aliphatic carboxylic acids is 1. The third-order valence-electron chi connectivity index (χ3n) is 3.70. The minimum Gasteiger partial charge on any atom is -0.481 e. The van der Waals surface area contributed by atoms with Gasteiger partial charge in [-0.2, -0.15) is 5.26 Å². The molecular formula is C15H17ClN2O2. The zero-order valence-electron chi connectivity index (χ0n) is 11.2. The second kappa shape index (κ2) is 6.62. The lowest BCUT2D eigenvalue weighted by molar-refractivity contribution is -0.137. The van der Waals surface area contributed by atoms with Crippen molar-refractivity contribution >= 4 is 23.3 Å². The van der Waals surface area contributed by atoms with E-state index in [1.807, 2.05) is 6.07 Å². The second-order valence-corrected chi connectivity index (χ2v) is 5.57. The molecule has 1 unspecified atom stereocenters. The summed E-state index contributed by atoms with van der Waals surface area (Å²) in [6.07, 6.45) is 3.04. The minimum atomic E-state index is -0.737. The molecule has 1 aliphatic heterocycles. The van der Waals surface area contributed by atoms with Crippen LogP contribution in [0.1, 0.15) is 31.2 Å². The highest BCUT2D eigenvalue weighted by Crippen LogP contribution is 2.31. The summed E-state index contributed by atoms with van der Waals surface area (Å²) in [5.41, 5.74) is 1.49. The molecule has 0 spiro atoms. The minimum absolute atomic E-state index is 0.222. The van der Waals surface area contributed by atoms with Gasteiger partial charge in [0.2, 0.25) is 0 Å². The standard InChI is InChI=1S/C15H17ClN2O2/c16-13-8-12(9-17)3-5-14(13)18-7-1-2-11(10-18)4-6-15(19)20/h3,5,8,11H,1-2,4,6-7,10H2,(H,19,20). The van der Waals surface area contributed by atoms with Gasteiger partial charge in [-0.3, -0.25) is 4.79 Å². The van der Waals surface area contributed by atoms with Crippen molar-refractivity contribution in [1.29, 1.82) is 5.26 Å². The molecule has 1 heterocycles. The first-order valence-electron chi connectivity index (χ1n) is 6.76. The maximum absolute atomic E-state index is 10.7. The van der Waals surface area contributed by atoms with Crippen LogP contribution in [0, 0.1) is 17.2 Å². The van der Waals surface area contributed by atoms with Crippen LogP contribution >= 0.6 is 11.6 Å². The Hall–Kier alpha value is -1.73. The number of carboxylic acids is 1. The van der Waals surface area contributed by atoms with Crippen LogP contribution in [0.3, 0.4) is 0 Å². The summed E-state index contributed by atoms with van der Waals surface area (Å²) in [5, 5.41) is 18.2. The molecule has 0 aromatic heterocycles. The van der Waals surface area contributed by atoms with Crippen molar-refractivity contribution in [3.63, 3.8) is 0 Å². The molecule has 0 aliphatic carbocycles. The second-order valence-electron chi connectivity index (χ2n) is 5.16. The fourth-order valence-electron chi connectivity index (χ4n) is 2.68. The van der Waals surface area contributed by atoms with Gasteiger partial charge in [0.15, 0.2) is 0 Å². The lowest BCUT2D eigenvalue weighted by Crippen LogP contribution is -2.35. The zero-order valence-corrected chi connectivity index (χ0v) is 11.9. The summed E-state index contributed by atoms with van der Waals surface area (Å²) in [7, 11) is 0. The topological polar surface area (TPSA) is 64.3 Å². The Kier molecular flexibility index (Phi) is 4.86. The Morgan fingerprint density at radius 1 is 1.55 bits per heavy atom. The molecule has 1 fully saturated rings. The summed E-state index contributed by atoms with van der Waals surface area (Å²) in [6.45, 7) is 1.76. The summed E-state index contributed by atoms with van der Waals surface area (Å²) in [5.74, 6) is -0.343. The molecular weight excluding hydrogens is 276 g/mol. The predicted octanol–water partition coefficient (Wildman–Crippen LogP) is 3.29. The van der Waals surface area contributed by atoms with Gasteiger partial charge in [0.05, 0.1) is 22.3 Å². The number of carbonyl (C=O) groups is 1. The molecule has 1 saturated heterocycles. The van der Waals surface area contributed by atoms with E-state index >= 15 is 0 Å². The van der Waals surface area contributed by atoms with E-state index in [-0.39, 0.29) is 6.42 Å². The highest BCUT2D eigenvalue weighted by atomic mass is 35.5. The van der Waals surface area contributed by atoms with Gasteiger partial charge in [0, 0.05) is 19.5 Å². The first-order chi connectivity index (χ1) is 9.60. The van der Waals surface area contributed by atoms with E-state index in [4.69, 9.17) is 22.0 Å². The Balaban J connectivity index is 2.05. The molecule has 0 radical (unpaired) electrons. The van der Waals surface area contributed by atoms with Crippen molar-refractivity contribution in [3.8, 4) is 6.07 Å². The van der Waals surface area contributed by atoms with Crippen LogP contribution in [0.2, 0.25) is 5.02 Å². The smallest absolute Gasteiger partial charge is 0.303 e. The number of carboxylic acid groups (broad SMARTS) is 1. The molecule has 5 heteroatoms. The molecule has 2 rings (SSSR count). The van der Waals surface area contributed by atoms with Crippen LogP contribution < -0.4 is 4.90 Å². The van der Waals surface area contributed by atoms with Gasteiger partial charge in [-0.05, 0) is 43.4 Å². The summed E-state index contributed by atoms with van der Waals surface area (Å²) in [4.78, 5) is 12.8. The zero-order chi connectivity index (χ0) is 14.5. The van der Waals surface area contributed by atoms with E-state index in [9.17, 15) is 4.79 Å². The average Bonchev–Trinajstić information content (AvgIpc) is 2.45. The molecule has 0 saturated carbocycles. The largest absolute Gasteiger partial charge is 0.481 e. The van der Waals surface area contributed by atoms with E-state index in [1.54, 1.807) is 12.1 Å². The van der Waals surface area contributed by atoms with Crippen molar-refractivity contribution in [3.05, 3.63) is 28.8 Å². The maximum atomic E-state index is 10.7. The Labute approximate surface area is 123 Å². The number of benzene rings is 1. The number of anilines is 1. The van der Waals surface area contributed by atoms with Gasteiger partial charge in [-0.25, -0.2) is 0 Å². The fourth-order valence-corrected chi connectivity index (χ4v) is 2.98. The first-order valence-corrected chi connectivity index (χ1v) is 7.14. The van der Waals surface area contributed by atoms with Crippen molar-refractivity contribution < 1.29 is 9.90 Å². The van der Waals surface area contributed by atoms with E-state index in [0.29, 0.717) is 22.9 Å². The summed E-state index contributed by atoms with van der Waals surface area (Å²) < 4.78 is 0. The monoisotopic (exact) mass is 292 g/mol. The molecule has 1 aliphatic rings. The van der Waals surface area contributed by atoms with Gasteiger partial charge < -0.3 is 10.0 Å². The van der Waals surface area contributed by atoms with Gasteiger partial charge in [-0.1, -0.05) is 11.6 Å². The van der Waals surface area contributed by atoms with Gasteiger partial charge in [-0.15, -0.1) is 0 Å². The van der Waals surface area contributed by atoms with Gasteiger partial charge in [0.1, 0.15) is 0 Å². The van der Waals surface area contributed by atoms with E-state index in [1.165, 1.54) is 0 Å². The summed E-state index contributed by atoms with van der Waals surface area (Å²) >= 11 is 6.23. The lowest BCUT2D eigenvalue weighted by atomic mass is 9.93. The number of piperidine rings is 1. The normalized spacial score (nSPS) is 18.6. The van der Waals surface area contributed by atoms with Crippen LogP contribution in [0.5, 0.6) is 0 Å². The molecule has 1 aromatic rings. The summed E-state index contributed by atoms with van der Waals surface area (Å²) in [6, 6.07) is 7.39. The quantitative estimate of drug-likeness (QED) is 0.925. The predicted molar refractivity (Wildman–Crippen MR) is 78.0 cm³/mol. The number of nitrogens with zero attached hydrogens (tertiary/aromatic N) is 2. The van der Waals surface area contributed by atoms with Gasteiger partial charge >= 0.3 is 5.97 Å². The number of hydrogen-bond donors (Lipinski definition) is 1. The number of halogens is 1. The van der Waals surface area contributed by atoms with Crippen LogP contribution in [0.15, 0.2) is 18.2 Å². The van der Waals surface area contributed by atoms with Crippen molar-refractivity contribution in [1.82, 2.24) is 0 Å². The number of nitriles is 1. The Morgan fingerprint density at radius 3 is 3.00 bits per heavy atom. The van der Waals surface area contributed by atoms with Crippen LogP contribution in [-0.2, 0) is 4.79 Å². The average molecular weight is 293 g/mol. The van der Waals surface area contributed by atoms with Gasteiger partial charge in [0.25, 0.3) is 0 Å².